The molecule has 0 aliphatic rings. The van der Waals surface area contributed by atoms with Gasteiger partial charge in [-0.05, 0) is 29.3 Å². The van der Waals surface area contributed by atoms with E-state index in [1.54, 1.807) is 12.1 Å². The zero-order valence-corrected chi connectivity index (χ0v) is 12.3. The smallest absolute Gasteiger partial charge is 0.240 e. The van der Waals surface area contributed by atoms with Gasteiger partial charge in [0.15, 0.2) is 0 Å². The van der Waals surface area contributed by atoms with E-state index in [-0.39, 0.29) is 18.4 Å². The molecule has 0 radical (unpaired) electrons. The predicted octanol–water partition coefficient (Wildman–Crippen LogP) is 1.72. The molecule has 0 aliphatic carbocycles. The first-order valence-electron chi connectivity index (χ1n) is 7.02. The average Bonchev–Trinajstić information content (AvgIpc) is 2.48. The quantitative estimate of drug-likeness (QED) is 0.851. The summed E-state index contributed by atoms with van der Waals surface area (Å²) in [5.74, 6) is -2.18. The van der Waals surface area contributed by atoms with Crippen molar-refractivity contribution in [3.8, 4) is 0 Å². The van der Waals surface area contributed by atoms with E-state index in [4.69, 9.17) is 5.73 Å². The van der Waals surface area contributed by atoms with Crippen molar-refractivity contribution in [3.05, 3.63) is 71.3 Å². The van der Waals surface area contributed by atoms with Crippen molar-refractivity contribution in [3.63, 3.8) is 0 Å². The Bertz CT molecular complexity index is 719. The lowest BCUT2D eigenvalue weighted by atomic mass is 10.0. The topological polar surface area (TPSA) is 72.2 Å². The van der Waals surface area contributed by atoms with Crippen molar-refractivity contribution in [1.29, 1.82) is 0 Å². The maximum absolute atomic E-state index is 13.6. The number of nitrogens with two attached hydrogens (primary N) is 1. The van der Waals surface area contributed by atoms with Gasteiger partial charge >= 0.3 is 0 Å². The first-order valence-corrected chi connectivity index (χ1v) is 7.02. The summed E-state index contributed by atoms with van der Waals surface area (Å²) in [4.78, 5) is 23.5. The highest BCUT2D eigenvalue weighted by molar-refractivity contribution is 5.87. The molecule has 2 aromatic carbocycles. The molecular weight excluding hydrogens is 302 g/mol. The number of rotatable bonds is 6. The molecule has 2 rings (SSSR count). The van der Waals surface area contributed by atoms with Gasteiger partial charge in [0.05, 0.1) is 6.42 Å². The monoisotopic (exact) mass is 318 g/mol. The van der Waals surface area contributed by atoms with Gasteiger partial charge in [-0.15, -0.1) is 0 Å². The minimum Gasteiger partial charge on any atom is -0.368 e. The van der Waals surface area contributed by atoms with E-state index in [2.05, 4.69) is 5.32 Å². The highest BCUT2D eigenvalue weighted by Gasteiger charge is 2.20. The maximum atomic E-state index is 13.6. The molecule has 0 saturated carbocycles. The average molecular weight is 318 g/mol. The SMILES string of the molecule is NC(=O)[C@@H](Cc1ccccc1F)NC(=O)Cc1cccc(F)c1. The van der Waals surface area contributed by atoms with Crippen LogP contribution in [0.4, 0.5) is 8.78 Å². The van der Waals surface area contributed by atoms with Crippen LogP contribution in [0, 0.1) is 11.6 Å². The molecule has 0 saturated heterocycles. The van der Waals surface area contributed by atoms with Crippen molar-refractivity contribution < 1.29 is 18.4 Å². The van der Waals surface area contributed by atoms with E-state index in [1.807, 2.05) is 0 Å². The fraction of sp³-hybridized carbons (Fsp3) is 0.176. The first-order chi connectivity index (χ1) is 11.0. The number of nitrogens with one attached hydrogen (secondary N) is 1. The van der Waals surface area contributed by atoms with Crippen LogP contribution in [0.3, 0.4) is 0 Å². The van der Waals surface area contributed by atoms with Crippen LogP contribution in [0.2, 0.25) is 0 Å². The molecule has 3 N–H and O–H groups in total. The third-order valence-corrected chi connectivity index (χ3v) is 3.31. The Morgan fingerprint density at radius 2 is 1.83 bits per heavy atom. The lowest BCUT2D eigenvalue weighted by Crippen LogP contribution is -2.46. The van der Waals surface area contributed by atoms with Gasteiger partial charge in [0, 0.05) is 6.42 Å². The second kappa shape index (κ2) is 7.49. The summed E-state index contributed by atoms with van der Waals surface area (Å²) < 4.78 is 26.7. The summed E-state index contributed by atoms with van der Waals surface area (Å²) in [6.07, 6.45) is -0.143. The predicted molar refractivity (Wildman–Crippen MR) is 81.3 cm³/mol. The van der Waals surface area contributed by atoms with Gasteiger partial charge in [-0.3, -0.25) is 9.59 Å². The second-order valence-corrected chi connectivity index (χ2v) is 5.12. The molecule has 23 heavy (non-hydrogen) atoms. The summed E-state index contributed by atoms with van der Waals surface area (Å²) in [5.41, 5.74) is 6.01. The summed E-state index contributed by atoms with van der Waals surface area (Å²) >= 11 is 0. The van der Waals surface area contributed by atoms with Crippen LogP contribution in [-0.4, -0.2) is 17.9 Å². The Morgan fingerprint density at radius 3 is 2.48 bits per heavy atom. The summed E-state index contributed by atoms with van der Waals surface area (Å²) in [6, 6.07) is 10.5. The fourth-order valence-electron chi connectivity index (χ4n) is 2.18. The number of carbonyl (C=O) groups is 2. The molecule has 2 amide bonds. The Hall–Kier alpha value is -2.76. The van der Waals surface area contributed by atoms with Gasteiger partial charge in [-0.2, -0.15) is 0 Å². The van der Waals surface area contributed by atoms with Crippen LogP contribution in [-0.2, 0) is 22.4 Å². The van der Waals surface area contributed by atoms with Crippen LogP contribution >= 0.6 is 0 Å². The van der Waals surface area contributed by atoms with Crippen LogP contribution in [0.1, 0.15) is 11.1 Å². The number of carbonyl (C=O) groups excluding carboxylic acids is 2. The molecule has 6 heteroatoms. The van der Waals surface area contributed by atoms with Crippen molar-refractivity contribution >= 4 is 11.8 Å². The molecular formula is C17H16F2N2O2. The zero-order chi connectivity index (χ0) is 16.8. The molecule has 0 aromatic heterocycles. The molecule has 0 aliphatic heterocycles. The number of hydrogen-bond acceptors (Lipinski definition) is 2. The van der Waals surface area contributed by atoms with Gasteiger partial charge in [-0.25, -0.2) is 8.78 Å². The van der Waals surface area contributed by atoms with Crippen LogP contribution in [0.15, 0.2) is 48.5 Å². The molecule has 2 aromatic rings. The number of primary amides is 1. The second-order valence-electron chi connectivity index (χ2n) is 5.12. The van der Waals surface area contributed by atoms with Crippen molar-refractivity contribution in [2.75, 3.05) is 0 Å². The van der Waals surface area contributed by atoms with Gasteiger partial charge in [0.1, 0.15) is 17.7 Å². The van der Waals surface area contributed by atoms with Gasteiger partial charge in [-0.1, -0.05) is 30.3 Å². The highest BCUT2D eigenvalue weighted by Crippen LogP contribution is 2.10. The molecule has 1 atom stereocenters. The van der Waals surface area contributed by atoms with Crippen molar-refractivity contribution in [2.24, 2.45) is 5.73 Å². The van der Waals surface area contributed by atoms with E-state index in [0.29, 0.717) is 5.56 Å². The highest BCUT2D eigenvalue weighted by atomic mass is 19.1. The Kier molecular flexibility index (Phi) is 5.41. The first kappa shape index (κ1) is 16.6. The standard InChI is InChI=1S/C17H16F2N2O2/c18-13-6-3-4-11(8-13)9-16(22)21-15(17(20)23)10-12-5-1-2-7-14(12)19/h1-8,15H,9-10H2,(H2,20,23)(H,21,22)/t15-/m1/s1. The molecule has 0 fully saturated rings. The van der Waals surface area contributed by atoms with Gasteiger partial charge in [0.25, 0.3) is 0 Å². The third kappa shape index (κ3) is 4.88. The number of halogens is 2. The van der Waals surface area contributed by atoms with Gasteiger partial charge < -0.3 is 11.1 Å². The Balaban J connectivity index is 2.03. The van der Waals surface area contributed by atoms with Crippen LogP contribution in [0.5, 0.6) is 0 Å². The normalized spacial score (nSPS) is 11.7. The van der Waals surface area contributed by atoms with E-state index in [9.17, 15) is 18.4 Å². The molecule has 0 spiro atoms. The number of amides is 2. The van der Waals surface area contributed by atoms with E-state index in [1.165, 1.54) is 36.4 Å². The zero-order valence-electron chi connectivity index (χ0n) is 12.3. The largest absolute Gasteiger partial charge is 0.368 e. The summed E-state index contributed by atoms with van der Waals surface area (Å²) in [7, 11) is 0. The van der Waals surface area contributed by atoms with Crippen molar-refractivity contribution in [2.45, 2.75) is 18.9 Å². The number of hydrogen-bond donors (Lipinski definition) is 2. The van der Waals surface area contributed by atoms with E-state index in [0.717, 1.165) is 0 Å². The molecule has 120 valence electrons. The maximum Gasteiger partial charge on any atom is 0.240 e. The molecule has 0 heterocycles. The van der Waals surface area contributed by atoms with Crippen molar-refractivity contribution in [1.82, 2.24) is 5.32 Å². The van der Waals surface area contributed by atoms with Gasteiger partial charge in [0.2, 0.25) is 11.8 Å². The minimum atomic E-state index is -1.03. The molecule has 4 nitrogen and oxygen atoms in total. The lowest BCUT2D eigenvalue weighted by molar-refractivity contribution is -0.127. The fourth-order valence-corrected chi connectivity index (χ4v) is 2.18. The van der Waals surface area contributed by atoms with Crippen LogP contribution in [0.25, 0.3) is 0 Å². The Morgan fingerprint density at radius 1 is 1.09 bits per heavy atom. The summed E-state index contributed by atoms with van der Waals surface area (Å²) in [5, 5.41) is 2.46. The molecule has 0 bridgehead atoms. The number of benzene rings is 2. The third-order valence-electron chi connectivity index (χ3n) is 3.31. The lowest BCUT2D eigenvalue weighted by Gasteiger charge is -2.16. The van der Waals surface area contributed by atoms with Crippen LogP contribution < -0.4 is 11.1 Å². The molecule has 0 unspecified atom stereocenters. The summed E-state index contributed by atoms with van der Waals surface area (Å²) in [6.45, 7) is 0. The van der Waals surface area contributed by atoms with E-state index >= 15 is 0 Å². The van der Waals surface area contributed by atoms with E-state index < -0.39 is 29.5 Å². The minimum absolute atomic E-state index is 0.0447. The Labute approximate surface area is 132 Å².